The summed E-state index contributed by atoms with van der Waals surface area (Å²) in [5.74, 6) is 0. The average Bonchev–Trinajstić information content (AvgIpc) is 0.722. The summed E-state index contributed by atoms with van der Waals surface area (Å²) in [6, 6.07) is 0. The average molecular weight is 164 g/mol. The van der Waals surface area contributed by atoms with Crippen LogP contribution in [0.1, 0.15) is 0 Å². The normalized spacial score (nSPS) is 9.83. The molecule has 32 valence electrons. The van der Waals surface area contributed by atoms with Gasteiger partial charge in [-0.15, -0.1) is 11.8 Å². The minimum atomic E-state index is -1.22. The third-order valence-electron chi connectivity index (χ3n) is 0. The summed E-state index contributed by atoms with van der Waals surface area (Å²) < 4.78 is 0. The molecule has 0 radical (unpaired) electrons. The largest absolute Gasteiger partial charge is 1.00 e. The fraction of sp³-hybridized carbons (Fsp3) is 1.00. The van der Waals surface area contributed by atoms with Crippen molar-refractivity contribution in [3.63, 3.8) is 0 Å². The van der Waals surface area contributed by atoms with Gasteiger partial charge in [0.05, 0.1) is 0 Å². The monoisotopic (exact) mass is 164 g/mol. The molecule has 0 aliphatic carbocycles. The second-order valence-electron chi connectivity index (χ2n) is 1.25. The second-order valence-corrected chi connectivity index (χ2v) is 9.93. The molecule has 0 spiro atoms. The van der Waals surface area contributed by atoms with E-state index in [0.717, 1.165) is 0 Å². The number of hydrogen-bond donors (Lipinski definition) is 0. The zero-order chi connectivity index (χ0) is 4.50. The first-order valence-corrected chi connectivity index (χ1v) is 5.97. The van der Waals surface area contributed by atoms with Crippen LogP contribution in [-0.2, 0) is 24.1 Å². The standard InChI is InChI=1S/C2H7PS2.K/c1-3(2,4)5;/h1-2H3,(H,4,5);/q;+1/p-1. The molecule has 0 unspecified atom stereocenters. The number of hydrogen-bond acceptors (Lipinski definition) is 2. The predicted octanol–water partition coefficient (Wildman–Crippen LogP) is -1.81. The number of rotatable bonds is 0. The zero-order valence-electron chi connectivity index (χ0n) is 4.26. The quantitative estimate of drug-likeness (QED) is 0.235. The van der Waals surface area contributed by atoms with Crippen LogP contribution < -0.4 is 51.4 Å². The van der Waals surface area contributed by atoms with Crippen LogP contribution in [0.5, 0.6) is 0 Å². The smallest absolute Gasteiger partial charge is 0.747 e. The van der Waals surface area contributed by atoms with E-state index in [-0.39, 0.29) is 51.4 Å². The van der Waals surface area contributed by atoms with Gasteiger partial charge in [0, 0.05) is 0 Å². The van der Waals surface area contributed by atoms with Crippen LogP contribution in [0.15, 0.2) is 0 Å². The maximum atomic E-state index is 4.75. The molecule has 0 saturated heterocycles. The minimum Gasteiger partial charge on any atom is -0.747 e. The molecule has 0 N–H and O–H groups in total. The van der Waals surface area contributed by atoms with Gasteiger partial charge in [-0.1, -0.05) is 13.3 Å². The molecule has 0 amide bonds. The first-order chi connectivity index (χ1) is 2.00. The van der Waals surface area contributed by atoms with Gasteiger partial charge < -0.3 is 12.2 Å². The van der Waals surface area contributed by atoms with E-state index >= 15 is 0 Å². The Labute approximate surface area is 92.1 Å². The first-order valence-electron chi connectivity index (χ1n) is 1.26. The van der Waals surface area contributed by atoms with E-state index in [1.807, 2.05) is 13.3 Å². The second kappa shape index (κ2) is 4.51. The summed E-state index contributed by atoms with van der Waals surface area (Å²) >= 11 is 9.50. The zero-order valence-corrected chi connectivity index (χ0v) is 9.91. The van der Waals surface area contributed by atoms with Gasteiger partial charge in [-0.05, 0) is 0 Å². The van der Waals surface area contributed by atoms with Crippen LogP contribution in [0.4, 0.5) is 0 Å². The van der Waals surface area contributed by atoms with Gasteiger partial charge in [-0.2, -0.15) is 5.24 Å². The molecule has 0 aromatic heterocycles. The van der Waals surface area contributed by atoms with Crippen molar-refractivity contribution in [3.8, 4) is 0 Å². The molecule has 6 heavy (non-hydrogen) atoms. The molecule has 0 aromatic rings. The van der Waals surface area contributed by atoms with Gasteiger partial charge >= 0.3 is 51.4 Å². The molecular formula is C2H6KPS2. The van der Waals surface area contributed by atoms with Crippen molar-refractivity contribution in [1.29, 1.82) is 0 Å². The van der Waals surface area contributed by atoms with Crippen molar-refractivity contribution in [2.45, 2.75) is 0 Å². The molecule has 0 atom stereocenters. The maximum Gasteiger partial charge on any atom is 1.00 e. The van der Waals surface area contributed by atoms with Gasteiger partial charge in [-0.3, -0.25) is 0 Å². The van der Waals surface area contributed by atoms with Crippen molar-refractivity contribution in [2.75, 3.05) is 13.3 Å². The summed E-state index contributed by atoms with van der Waals surface area (Å²) in [5.41, 5.74) is 0. The van der Waals surface area contributed by atoms with Gasteiger partial charge in [0.15, 0.2) is 0 Å². The van der Waals surface area contributed by atoms with E-state index in [4.69, 9.17) is 24.1 Å². The Morgan fingerprint density at radius 2 is 1.50 bits per heavy atom. The third kappa shape index (κ3) is 30.3. The molecule has 4 heteroatoms. The molecule has 0 rings (SSSR count). The van der Waals surface area contributed by atoms with E-state index in [2.05, 4.69) is 0 Å². The van der Waals surface area contributed by atoms with Crippen molar-refractivity contribution >= 4 is 29.3 Å². The van der Waals surface area contributed by atoms with Crippen LogP contribution in [0.3, 0.4) is 0 Å². The molecule has 0 aromatic carbocycles. The fourth-order valence-electron chi connectivity index (χ4n) is 0. The van der Waals surface area contributed by atoms with Crippen LogP contribution in [0.25, 0.3) is 0 Å². The van der Waals surface area contributed by atoms with Crippen molar-refractivity contribution in [3.05, 3.63) is 0 Å². The molecule has 0 bridgehead atoms. The molecule has 0 aliphatic heterocycles. The molecule has 0 saturated carbocycles. The van der Waals surface area contributed by atoms with Crippen LogP contribution >= 0.6 is 5.24 Å². The first kappa shape index (κ1) is 11.4. The van der Waals surface area contributed by atoms with E-state index in [9.17, 15) is 0 Å². The van der Waals surface area contributed by atoms with Crippen molar-refractivity contribution in [1.82, 2.24) is 0 Å². The van der Waals surface area contributed by atoms with Crippen molar-refractivity contribution in [2.24, 2.45) is 0 Å². The van der Waals surface area contributed by atoms with Crippen LogP contribution in [0, 0.1) is 0 Å². The Bertz CT molecular complexity index is 57.7. The minimum absolute atomic E-state index is 0. The summed E-state index contributed by atoms with van der Waals surface area (Å²) in [4.78, 5) is 0. The Kier molecular flexibility index (Phi) is 8.59. The summed E-state index contributed by atoms with van der Waals surface area (Å²) in [5, 5.41) is -1.22. The van der Waals surface area contributed by atoms with E-state index < -0.39 is 5.24 Å². The van der Waals surface area contributed by atoms with Gasteiger partial charge in [0.25, 0.3) is 0 Å². The Hall–Kier alpha value is 2.64. The van der Waals surface area contributed by atoms with Gasteiger partial charge in [0.2, 0.25) is 0 Å². The van der Waals surface area contributed by atoms with E-state index in [0.29, 0.717) is 0 Å². The topological polar surface area (TPSA) is 0 Å². The molecule has 0 heterocycles. The van der Waals surface area contributed by atoms with Crippen LogP contribution in [0.2, 0.25) is 0 Å². The van der Waals surface area contributed by atoms with Crippen LogP contribution in [-0.4, -0.2) is 13.3 Å². The third-order valence-corrected chi connectivity index (χ3v) is 0. The summed E-state index contributed by atoms with van der Waals surface area (Å²) in [7, 11) is 0. The fourth-order valence-corrected chi connectivity index (χ4v) is 0. The molecular weight excluding hydrogens is 158 g/mol. The Morgan fingerprint density at radius 1 is 1.50 bits per heavy atom. The van der Waals surface area contributed by atoms with Gasteiger partial charge in [-0.25, -0.2) is 0 Å². The maximum absolute atomic E-state index is 4.75. The Morgan fingerprint density at radius 3 is 1.50 bits per heavy atom. The molecule has 0 nitrogen and oxygen atoms in total. The van der Waals surface area contributed by atoms with Gasteiger partial charge in [0.1, 0.15) is 0 Å². The molecule has 0 aliphatic rings. The van der Waals surface area contributed by atoms with E-state index in [1.165, 1.54) is 0 Å². The summed E-state index contributed by atoms with van der Waals surface area (Å²) in [6.07, 6.45) is 0. The predicted molar refractivity (Wildman–Crippen MR) is 33.5 cm³/mol. The summed E-state index contributed by atoms with van der Waals surface area (Å²) in [6.45, 7) is 3.86. The SMILES string of the molecule is CP(C)(=S)[S-].[K+]. The molecule has 0 fully saturated rings. The Balaban J connectivity index is 0. The van der Waals surface area contributed by atoms with E-state index in [1.54, 1.807) is 0 Å². The van der Waals surface area contributed by atoms with Crippen molar-refractivity contribution < 1.29 is 51.4 Å².